The lowest BCUT2D eigenvalue weighted by atomic mass is 10.1. The van der Waals surface area contributed by atoms with Gasteiger partial charge in [0.05, 0.1) is 5.75 Å². The Morgan fingerprint density at radius 3 is 2.76 bits per heavy atom. The Morgan fingerprint density at radius 1 is 1.24 bits per heavy atom. The van der Waals surface area contributed by atoms with E-state index < -0.39 is 10.0 Å². The van der Waals surface area contributed by atoms with Crippen LogP contribution in [-0.4, -0.2) is 29.2 Å². The summed E-state index contributed by atoms with van der Waals surface area (Å²) in [6.07, 6.45) is 3.71. The number of fused-ring (bicyclic) bond motifs is 1. The van der Waals surface area contributed by atoms with Crippen LogP contribution in [0.4, 0.5) is 4.39 Å². The Morgan fingerprint density at radius 2 is 2.00 bits per heavy atom. The number of sulfonamides is 1. The lowest BCUT2D eigenvalue weighted by molar-refractivity contribution is 0.386. The maximum atomic E-state index is 12.9. The van der Waals surface area contributed by atoms with Gasteiger partial charge < -0.3 is 0 Å². The Hall–Kier alpha value is -1.86. The molecule has 0 radical (unpaired) electrons. The lowest BCUT2D eigenvalue weighted by Crippen LogP contribution is -2.37. The number of hydrogen-bond donors (Lipinski definition) is 0. The average Bonchev–Trinajstić information content (AvgIpc) is 2.49. The Labute approximate surface area is 122 Å². The smallest absolute Gasteiger partial charge is 0.218 e. The number of aromatic nitrogens is 2. The van der Waals surface area contributed by atoms with Crippen LogP contribution in [-0.2, 0) is 28.7 Å². The van der Waals surface area contributed by atoms with Gasteiger partial charge in [-0.05, 0) is 17.7 Å². The molecule has 0 amide bonds. The molecule has 0 fully saturated rings. The monoisotopic (exact) mass is 307 g/mol. The fourth-order valence-corrected chi connectivity index (χ4v) is 3.86. The fraction of sp³-hybridized carbons (Fsp3) is 0.286. The number of halogens is 1. The molecule has 1 aromatic heterocycles. The van der Waals surface area contributed by atoms with E-state index in [9.17, 15) is 12.8 Å². The molecular formula is C14H14FN3O2S. The van der Waals surface area contributed by atoms with Crippen molar-refractivity contribution in [1.82, 2.24) is 14.3 Å². The van der Waals surface area contributed by atoms with Crippen LogP contribution < -0.4 is 0 Å². The molecule has 0 aliphatic carbocycles. The third-order valence-electron chi connectivity index (χ3n) is 3.48. The number of rotatable bonds is 3. The van der Waals surface area contributed by atoms with Gasteiger partial charge in [-0.3, -0.25) is 0 Å². The molecule has 0 spiro atoms. The molecule has 0 atom stereocenters. The first-order valence-corrected chi connectivity index (χ1v) is 8.15. The first kappa shape index (κ1) is 14.1. The largest absolute Gasteiger partial charge is 0.244 e. The maximum Gasteiger partial charge on any atom is 0.218 e. The van der Waals surface area contributed by atoms with E-state index in [0.717, 1.165) is 11.3 Å². The molecule has 0 saturated heterocycles. The second kappa shape index (κ2) is 5.50. The number of nitrogens with zero attached hydrogens (tertiary/aromatic N) is 3. The number of benzene rings is 1. The predicted molar refractivity (Wildman–Crippen MR) is 75.2 cm³/mol. The van der Waals surface area contributed by atoms with Gasteiger partial charge in [-0.25, -0.2) is 22.8 Å². The third kappa shape index (κ3) is 3.08. The average molecular weight is 307 g/mol. The second-order valence-corrected chi connectivity index (χ2v) is 6.93. The van der Waals surface area contributed by atoms with Crippen LogP contribution in [0.15, 0.2) is 36.8 Å². The topological polar surface area (TPSA) is 63.2 Å². The van der Waals surface area contributed by atoms with E-state index in [1.54, 1.807) is 6.20 Å². The zero-order chi connectivity index (χ0) is 14.9. The van der Waals surface area contributed by atoms with Crippen LogP contribution >= 0.6 is 0 Å². The van der Waals surface area contributed by atoms with E-state index in [2.05, 4.69) is 9.97 Å². The standard InChI is InChI=1S/C14H14FN3O2S/c15-13-3-1-11(2-4-13)9-21(19,20)18-6-5-14-12(8-18)7-16-10-17-14/h1-4,7,10H,5-6,8-9H2. The SMILES string of the molecule is O=S(=O)(Cc1ccc(F)cc1)N1CCc2ncncc2C1. The minimum absolute atomic E-state index is 0.129. The van der Waals surface area contributed by atoms with Gasteiger partial charge in [0.25, 0.3) is 0 Å². The van der Waals surface area contributed by atoms with Gasteiger partial charge in [0, 0.05) is 37.0 Å². The molecule has 2 aromatic rings. The summed E-state index contributed by atoms with van der Waals surface area (Å²) >= 11 is 0. The highest BCUT2D eigenvalue weighted by Gasteiger charge is 2.27. The van der Waals surface area contributed by atoms with Crippen LogP contribution in [0.5, 0.6) is 0 Å². The summed E-state index contributed by atoms with van der Waals surface area (Å²) in [5, 5.41) is 0. The van der Waals surface area contributed by atoms with Crippen molar-refractivity contribution in [2.45, 2.75) is 18.7 Å². The summed E-state index contributed by atoms with van der Waals surface area (Å²) in [5.41, 5.74) is 2.32. The number of hydrogen-bond acceptors (Lipinski definition) is 4. The zero-order valence-electron chi connectivity index (χ0n) is 11.2. The molecule has 0 N–H and O–H groups in total. The molecule has 0 bridgehead atoms. The first-order chi connectivity index (χ1) is 10.0. The van der Waals surface area contributed by atoms with Gasteiger partial charge >= 0.3 is 0 Å². The molecule has 7 heteroatoms. The summed E-state index contributed by atoms with van der Waals surface area (Å²) in [6, 6.07) is 5.52. The van der Waals surface area contributed by atoms with Crippen LogP contribution in [0.2, 0.25) is 0 Å². The summed E-state index contributed by atoms with van der Waals surface area (Å²) < 4.78 is 39.2. The van der Waals surface area contributed by atoms with Crippen molar-refractivity contribution in [3.63, 3.8) is 0 Å². The van der Waals surface area contributed by atoms with E-state index >= 15 is 0 Å². The van der Waals surface area contributed by atoms with E-state index in [1.807, 2.05) is 0 Å². The fourth-order valence-electron chi connectivity index (χ4n) is 2.36. The van der Waals surface area contributed by atoms with E-state index in [-0.39, 0.29) is 11.6 Å². The first-order valence-electron chi connectivity index (χ1n) is 6.54. The molecule has 1 aliphatic heterocycles. The quantitative estimate of drug-likeness (QED) is 0.862. The van der Waals surface area contributed by atoms with Gasteiger partial charge in [-0.2, -0.15) is 4.31 Å². The van der Waals surface area contributed by atoms with Crippen molar-refractivity contribution in [1.29, 1.82) is 0 Å². The second-order valence-electron chi connectivity index (χ2n) is 4.96. The van der Waals surface area contributed by atoms with E-state index in [4.69, 9.17) is 0 Å². The van der Waals surface area contributed by atoms with Gasteiger partial charge in [0.15, 0.2) is 0 Å². The van der Waals surface area contributed by atoms with Crippen LogP contribution in [0.25, 0.3) is 0 Å². The van der Waals surface area contributed by atoms with Crippen LogP contribution in [0, 0.1) is 5.82 Å². The third-order valence-corrected chi connectivity index (χ3v) is 5.28. The van der Waals surface area contributed by atoms with Gasteiger partial charge in [-0.1, -0.05) is 12.1 Å². The Bertz CT molecular complexity index is 747. The molecule has 5 nitrogen and oxygen atoms in total. The highest BCUT2D eigenvalue weighted by Crippen LogP contribution is 2.20. The van der Waals surface area contributed by atoms with Crippen molar-refractivity contribution in [2.75, 3.05) is 6.54 Å². The highest BCUT2D eigenvalue weighted by atomic mass is 32.2. The molecule has 0 saturated carbocycles. The van der Waals surface area contributed by atoms with E-state index in [0.29, 0.717) is 25.1 Å². The van der Waals surface area contributed by atoms with Gasteiger partial charge in [0.1, 0.15) is 12.1 Å². The molecule has 110 valence electrons. The van der Waals surface area contributed by atoms with Crippen molar-refractivity contribution in [3.8, 4) is 0 Å². The molecule has 1 aromatic carbocycles. The van der Waals surface area contributed by atoms with Crippen molar-refractivity contribution in [2.24, 2.45) is 0 Å². The van der Waals surface area contributed by atoms with Crippen molar-refractivity contribution < 1.29 is 12.8 Å². The zero-order valence-corrected chi connectivity index (χ0v) is 12.1. The van der Waals surface area contributed by atoms with Gasteiger partial charge in [-0.15, -0.1) is 0 Å². The maximum absolute atomic E-state index is 12.9. The summed E-state index contributed by atoms with van der Waals surface area (Å²) in [4.78, 5) is 8.09. The van der Waals surface area contributed by atoms with Gasteiger partial charge in [0.2, 0.25) is 10.0 Å². The molecule has 2 heterocycles. The Balaban J connectivity index is 1.78. The highest BCUT2D eigenvalue weighted by molar-refractivity contribution is 7.88. The lowest BCUT2D eigenvalue weighted by Gasteiger charge is -2.27. The minimum Gasteiger partial charge on any atom is -0.244 e. The van der Waals surface area contributed by atoms with E-state index in [1.165, 1.54) is 34.9 Å². The molecule has 3 rings (SSSR count). The summed E-state index contributed by atoms with van der Waals surface area (Å²) in [6.45, 7) is 0.702. The predicted octanol–water partition coefficient (Wildman–Crippen LogP) is 1.50. The van der Waals surface area contributed by atoms with Crippen molar-refractivity contribution in [3.05, 3.63) is 59.4 Å². The molecule has 21 heavy (non-hydrogen) atoms. The Kier molecular flexibility index (Phi) is 3.69. The summed E-state index contributed by atoms with van der Waals surface area (Å²) in [5.74, 6) is -0.503. The summed E-state index contributed by atoms with van der Waals surface area (Å²) in [7, 11) is -3.44. The minimum atomic E-state index is -3.44. The van der Waals surface area contributed by atoms with Crippen LogP contribution in [0.3, 0.4) is 0 Å². The van der Waals surface area contributed by atoms with Crippen LogP contribution in [0.1, 0.15) is 16.8 Å². The molecule has 1 aliphatic rings. The molecule has 0 unspecified atom stereocenters. The van der Waals surface area contributed by atoms with Crippen molar-refractivity contribution >= 4 is 10.0 Å². The molecular weight excluding hydrogens is 293 g/mol. The normalized spacial score (nSPS) is 15.7.